The van der Waals surface area contributed by atoms with Crippen molar-refractivity contribution in [3.63, 3.8) is 0 Å². The number of pyridine rings is 1. The van der Waals surface area contributed by atoms with Crippen LogP contribution < -0.4 is 5.32 Å². The predicted molar refractivity (Wildman–Crippen MR) is 99.0 cm³/mol. The van der Waals surface area contributed by atoms with Crippen LogP contribution in [-0.2, 0) is 13.6 Å². The molecule has 0 aliphatic rings. The Labute approximate surface area is 145 Å². The van der Waals surface area contributed by atoms with E-state index in [0.29, 0.717) is 0 Å². The Hall–Kier alpha value is -2.99. The van der Waals surface area contributed by atoms with Crippen LogP contribution in [0.2, 0.25) is 0 Å². The van der Waals surface area contributed by atoms with E-state index in [4.69, 9.17) is 0 Å². The van der Waals surface area contributed by atoms with Gasteiger partial charge < -0.3 is 5.32 Å². The molecule has 0 spiro atoms. The average molecular weight is 332 g/mol. The SMILES string of the molecule is CNCc1ccc(C)c(-c2cc3c(-c4cnn(C)c4)n[nH]c3cn2)c1. The molecule has 3 aromatic heterocycles. The van der Waals surface area contributed by atoms with Crippen molar-refractivity contribution in [3.8, 4) is 22.5 Å². The van der Waals surface area contributed by atoms with Gasteiger partial charge in [-0.15, -0.1) is 0 Å². The molecule has 6 nitrogen and oxygen atoms in total. The molecule has 0 unspecified atom stereocenters. The maximum absolute atomic E-state index is 4.64. The third-order valence-corrected chi connectivity index (χ3v) is 4.38. The maximum atomic E-state index is 4.64. The fraction of sp³-hybridized carbons (Fsp3) is 0.211. The van der Waals surface area contributed by atoms with Crippen LogP contribution in [0, 0.1) is 6.92 Å². The van der Waals surface area contributed by atoms with Crippen LogP contribution in [-0.4, -0.2) is 32.0 Å². The number of aromatic amines is 1. The van der Waals surface area contributed by atoms with Crippen molar-refractivity contribution >= 4 is 10.9 Å². The van der Waals surface area contributed by atoms with Crippen LogP contribution in [0.15, 0.2) is 42.9 Å². The second kappa shape index (κ2) is 6.14. The molecule has 25 heavy (non-hydrogen) atoms. The fourth-order valence-corrected chi connectivity index (χ4v) is 3.09. The number of rotatable bonds is 4. The second-order valence-corrected chi connectivity index (χ2v) is 6.27. The molecule has 2 N–H and O–H groups in total. The molecule has 6 heteroatoms. The van der Waals surface area contributed by atoms with Crippen molar-refractivity contribution in [1.82, 2.24) is 30.3 Å². The van der Waals surface area contributed by atoms with E-state index in [1.165, 1.54) is 11.1 Å². The average Bonchev–Trinajstić information content (AvgIpc) is 3.22. The van der Waals surface area contributed by atoms with Crippen molar-refractivity contribution in [2.45, 2.75) is 13.5 Å². The van der Waals surface area contributed by atoms with Crippen LogP contribution in [0.1, 0.15) is 11.1 Å². The van der Waals surface area contributed by atoms with Gasteiger partial charge in [-0.25, -0.2) is 0 Å². The summed E-state index contributed by atoms with van der Waals surface area (Å²) in [6, 6.07) is 8.59. The van der Waals surface area contributed by atoms with Crippen LogP contribution in [0.25, 0.3) is 33.4 Å². The van der Waals surface area contributed by atoms with Crippen molar-refractivity contribution in [2.75, 3.05) is 7.05 Å². The van der Waals surface area contributed by atoms with Gasteiger partial charge in [-0.3, -0.25) is 14.8 Å². The Morgan fingerprint density at radius 3 is 2.84 bits per heavy atom. The lowest BCUT2D eigenvalue weighted by Crippen LogP contribution is -2.05. The summed E-state index contributed by atoms with van der Waals surface area (Å²) in [4.78, 5) is 4.64. The molecule has 0 atom stereocenters. The summed E-state index contributed by atoms with van der Waals surface area (Å²) in [5, 5.41) is 16.0. The number of nitrogens with zero attached hydrogens (tertiary/aromatic N) is 4. The van der Waals surface area contributed by atoms with Crippen molar-refractivity contribution in [1.29, 1.82) is 0 Å². The van der Waals surface area contributed by atoms with E-state index >= 15 is 0 Å². The number of aromatic nitrogens is 5. The van der Waals surface area contributed by atoms with E-state index in [-0.39, 0.29) is 0 Å². The number of H-pyrrole nitrogens is 1. The minimum Gasteiger partial charge on any atom is -0.316 e. The van der Waals surface area contributed by atoms with Gasteiger partial charge in [-0.1, -0.05) is 12.1 Å². The molecular weight excluding hydrogens is 312 g/mol. The molecule has 0 bridgehead atoms. The van der Waals surface area contributed by atoms with Gasteiger partial charge in [-0.05, 0) is 37.2 Å². The van der Waals surface area contributed by atoms with E-state index in [9.17, 15) is 0 Å². The minimum absolute atomic E-state index is 0.835. The van der Waals surface area contributed by atoms with E-state index in [2.05, 4.69) is 56.8 Å². The highest BCUT2D eigenvalue weighted by Gasteiger charge is 2.13. The minimum atomic E-state index is 0.835. The fourth-order valence-electron chi connectivity index (χ4n) is 3.09. The van der Waals surface area contributed by atoms with Gasteiger partial charge in [0.1, 0.15) is 5.69 Å². The molecule has 4 aromatic rings. The number of aryl methyl sites for hydroxylation is 2. The van der Waals surface area contributed by atoms with E-state index in [1.807, 2.05) is 32.7 Å². The first-order valence-electron chi connectivity index (χ1n) is 8.23. The van der Waals surface area contributed by atoms with Crippen LogP contribution in [0.5, 0.6) is 0 Å². The lowest BCUT2D eigenvalue weighted by Gasteiger charge is -2.09. The molecule has 0 fully saturated rings. The van der Waals surface area contributed by atoms with Gasteiger partial charge in [0.2, 0.25) is 0 Å². The Kier molecular flexibility index (Phi) is 3.82. The van der Waals surface area contributed by atoms with Crippen LogP contribution >= 0.6 is 0 Å². The zero-order valence-electron chi connectivity index (χ0n) is 14.5. The molecule has 126 valence electrons. The molecule has 1 aromatic carbocycles. The number of hydrogen-bond donors (Lipinski definition) is 2. The van der Waals surface area contributed by atoms with E-state index < -0.39 is 0 Å². The summed E-state index contributed by atoms with van der Waals surface area (Å²) < 4.78 is 1.78. The van der Waals surface area contributed by atoms with Crippen molar-refractivity contribution in [2.24, 2.45) is 7.05 Å². The number of nitrogens with one attached hydrogen (secondary N) is 2. The first-order valence-corrected chi connectivity index (χ1v) is 8.23. The van der Waals surface area contributed by atoms with Gasteiger partial charge in [-0.2, -0.15) is 10.2 Å². The Morgan fingerprint density at radius 1 is 1.20 bits per heavy atom. The monoisotopic (exact) mass is 332 g/mol. The highest BCUT2D eigenvalue weighted by atomic mass is 15.2. The van der Waals surface area contributed by atoms with Crippen molar-refractivity contribution < 1.29 is 0 Å². The zero-order chi connectivity index (χ0) is 17.4. The summed E-state index contributed by atoms with van der Waals surface area (Å²) >= 11 is 0. The molecule has 0 aliphatic carbocycles. The summed E-state index contributed by atoms with van der Waals surface area (Å²) in [7, 11) is 3.86. The quantitative estimate of drug-likeness (QED) is 0.602. The summed E-state index contributed by atoms with van der Waals surface area (Å²) in [5.74, 6) is 0. The Morgan fingerprint density at radius 2 is 2.08 bits per heavy atom. The van der Waals surface area contributed by atoms with Crippen LogP contribution in [0.4, 0.5) is 0 Å². The van der Waals surface area contributed by atoms with E-state index in [1.54, 1.807) is 4.68 Å². The molecule has 0 aliphatic heterocycles. The standard InChI is InChI=1S/C19H20N6/c1-12-4-5-13(8-20-2)6-15(12)17-7-16-18(10-21-17)23-24-19(16)14-9-22-25(3)11-14/h4-7,9-11,20H,8H2,1-3H3,(H,23,24). The first-order chi connectivity index (χ1) is 12.2. The Balaban J connectivity index is 1.85. The van der Waals surface area contributed by atoms with Gasteiger partial charge >= 0.3 is 0 Å². The van der Waals surface area contributed by atoms with Gasteiger partial charge in [0.05, 0.1) is 23.6 Å². The lowest BCUT2D eigenvalue weighted by atomic mass is 10.0. The van der Waals surface area contributed by atoms with Gasteiger partial charge in [0, 0.05) is 36.3 Å². The molecule has 0 radical (unpaired) electrons. The maximum Gasteiger partial charge on any atom is 0.103 e. The van der Waals surface area contributed by atoms with E-state index in [0.717, 1.165) is 40.0 Å². The largest absolute Gasteiger partial charge is 0.316 e. The highest BCUT2D eigenvalue weighted by Crippen LogP contribution is 2.30. The number of hydrogen-bond acceptors (Lipinski definition) is 4. The summed E-state index contributed by atoms with van der Waals surface area (Å²) in [5.41, 5.74) is 7.36. The zero-order valence-corrected chi connectivity index (χ0v) is 14.5. The topological polar surface area (TPSA) is 71.4 Å². The van der Waals surface area contributed by atoms with Crippen molar-refractivity contribution in [3.05, 3.63) is 54.0 Å². The highest BCUT2D eigenvalue weighted by molar-refractivity contribution is 5.94. The molecule has 0 amide bonds. The van der Waals surface area contributed by atoms with Gasteiger partial charge in [0.15, 0.2) is 0 Å². The molecule has 0 saturated carbocycles. The number of fused-ring (bicyclic) bond motifs is 1. The Bertz CT molecular complexity index is 1040. The molecule has 0 saturated heterocycles. The molecular formula is C19H20N6. The third kappa shape index (κ3) is 2.81. The molecule has 4 rings (SSSR count). The smallest absolute Gasteiger partial charge is 0.103 e. The predicted octanol–water partition coefficient (Wildman–Crippen LogP) is 3.05. The van der Waals surface area contributed by atoms with Crippen LogP contribution in [0.3, 0.4) is 0 Å². The number of benzene rings is 1. The second-order valence-electron chi connectivity index (χ2n) is 6.27. The normalized spacial score (nSPS) is 11.3. The third-order valence-electron chi connectivity index (χ3n) is 4.38. The lowest BCUT2D eigenvalue weighted by molar-refractivity contribution is 0.768. The molecule has 3 heterocycles. The summed E-state index contributed by atoms with van der Waals surface area (Å²) in [6.07, 6.45) is 5.64. The van der Waals surface area contributed by atoms with Gasteiger partial charge in [0.25, 0.3) is 0 Å². The first kappa shape index (κ1) is 15.5. The summed E-state index contributed by atoms with van der Waals surface area (Å²) in [6.45, 7) is 2.95.